The fourth-order valence-electron chi connectivity index (χ4n) is 1.93. The molecule has 2 rings (SSSR count). The maximum Gasteiger partial charge on any atom is 0.270 e. The molecule has 6 nitrogen and oxygen atoms in total. The molecule has 25 heavy (non-hydrogen) atoms. The molecule has 0 amide bonds. The zero-order chi connectivity index (χ0) is 18.2. The van der Waals surface area contributed by atoms with Gasteiger partial charge in [-0.2, -0.15) is 11.3 Å². The smallest absolute Gasteiger partial charge is 0.270 e. The second-order valence-electron chi connectivity index (χ2n) is 4.87. The highest BCUT2D eigenvalue weighted by Crippen LogP contribution is 2.23. The first-order valence-electron chi connectivity index (χ1n) is 7.44. The molecule has 7 heteroatoms. The molecular formula is C18H19N5OS. The molecule has 2 aromatic rings. The number of hydrogen-bond donors (Lipinski definition) is 1. The first-order valence-corrected chi connectivity index (χ1v) is 8.39. The minimum Gasteiger partial charge on any atom is -0.414 e. The maximum absolute atomic E-state index is 5.93. The van der Waals surface area contributed by atoms with E-state index < -0.39 is 0 Å². The summed E-state index contributed by atoms with van der Waals surface area (Å²) in [6.45, 7) is 10.9. The fraction of sp³-hybridized carbons (Fsp3) is 0.111. The van der Waals surface area contributed by atoms with E-state index in [0.29, 0.717) is 5.89 Å². The van der Waals surface area contributed by atoms with Crippen molar-refractivity contribution < 1.29 is 4.42 Å². The van der Waals surface area contributed by atoms with Crippen LogP contribution in [0.3, 0.4) is 0 Å². The lowest BCUT2D eigenvalue weighted by atomic mass is 10.2. The van der Waals surface area contributed by atoms with Crippen LogP contribution < -0.4 is 5.73 Å². The minimum absolute atomic E-state index is 0.116. The monoisotopic (exact) mass is 353 g/mol. The molecule has 0 atom stereocenters. The SMILES string of the molecule is C=C/C=C(\C=C/C)c1nnc(C(/N=C(\C)c2ccsc2)=C(\N)N=C)o1. The number of hydrogen-bond acceptors (Lipinski definition) is 7. The molecule has 0 bridgehead atoms. The van der Waals surface area contributed by atoms with Crippen LogP contribution in [0.1, 0.15) is 31.2 Å². The highest BCUT2D eigenvalue weighted by atomic mass is 32.1. The van der Waals surface area contributed by atoms with Crippen molar-refractivity contribution in [3.05, 3.63) is 70.9 Å². The van der Waals surface area contributed by atoms with E-state index in [9.17, 15) is 0 Å². The molecular weight excluding hydrogens is 334 g/mol. The van der Waals surface area contributed by atoms with Gasteiger partial charge in [0.1, 0.15) is 0 Å². The average molecular weight is 353 g/mol. The van der Waals surface area contributed by atoms with Crippen LogP contribution >= 0.6 is 11.3 Å². The van der Waals surface area contributed by atoms with Crippen LogP contribution in [-0.4, -0.2) is 22.6 Å². The summed E-state index contributed by atoms with van der Waals surface area (Å²) in [7, 11) is 0. The van der Waals surface area contributed by atoms with E-state index in [0.717, 1.165) is 16.8 Å². The lowest BCUT2D eigenvalue weighted by molar-refractivity contribution is 0.524. The van der Waals surface area contributed by atoms with Crippen molar-refractivity contribution in [2.45, 2.75) is 13.8 Å². The zero-order valence-electron chi connectivity index (χ0n) is 14.1. The number of aromatic nitrogens is 2. The molecule has 0 aliphatic rings. The number of allylic oxidation sites excluding steroid dienone is 5. The van der Waals surface area contributed by atoms with Crippen molar-refractivity contribution >= 4 is 35.0 Å². The number of thiophene rings is 1. The van der Waals surface area contributed by atoms with Crippen molar-refractivity contribution in [3.63, 3.8) is 0 Å². The number of rotatable bonds is 7. The highest BCUT2D eigenvalue weighted by Gasteiger charge is 2.16. The third-order valence-electron chi connectivity index (χ3n) is 3.15. The van der Waals surface area contributed by atoms with Gasteiger partial charge in [0, 0.05) is 16.8 Å². The van der Waals surface area contributed by atoms with E-state index in [1.807, 2.05) is 42.8 Å². The van der Waals surface area contributed by atoms with Crippen LogP contribution in [0.15, 0.2) is 67.9 Å². The van der Waals surface area contributed by atoms with E-state index in [1.54, 1.807) is 23.5 Å². The van der Waals surface area contributed by atoms with Crippen LogP contribution in [-0.2, 0) is 0 Å². The molecule has 0 aliphatic carbocycles. The van der Waals surface area contributed by atoms with Gasteiger partial charge in [-0.25, -0.2) is 9.98 Å². The van der Waals surface area contributed by atoms with Gasteiger partial charge in [0.15, 0.2) is 11.5 Å². The Labute approximate surface area is 150 Å². The molecule has 0 aromatic carbocycles. The third-order valence-corrected chi connectivity index (χ3v) is 3.83. The van der Waals surface area contributed by atoms with Gasteiger partial charge in [-0.3, -0.25) is 0 Å². The zero-order valence-corrected chi connectivity index (χ0v) is 15.0. The minimum atomic E-state index is 0.116. The largest absolute Gasteiger partial charge is 0.414 e. The van der Waals surface area contributed by atoms with Crippen LogP contribution in [0.2, 0.25) is 0 Å². The summed E-state index contributed by atoms with van der Waals surface area (Å²) in [5.74, 6) is 0.629. The Balaban J connectivity index is 2.48. The van der Waals surface area contributed by atoms with Gasteiger partial charge < -0.3 is 10.2 Å². The van der Waals surface area contributed by atoms with Crippen molar-refractivity contribution in [3.8, 4) is 0 Å². The number of nitrogens with zero attached hydrogens (tertiary/aromatic N) is 4. The molecule has 0 unspecified atom stereocenters. The third kappa shape index (κ3) is 4.48. The Hall–Kier alpha value is -3.06. The van der Waals surface area contributed by atoms with Gasteiger partial charge in [-0.05, 0) is 37.4 Å². The van der Waals surface area contributed by atoms with Gasteiger partial charge >= 0.3 is 0 Å². The van der Waals surface area contributed by atoms with Gasteiger partial charge in [-0.1, -0.05) is 30.9 Å². The molecule has 0 aliphatic heterocycles. The topological polar surface area (TPSA) is 89.7 Å². The van der Waals surface area contributed by atoms with Gasteiger partial charge in [-0.15, -0.1) is 10.2 Å². The molecule has 2 N–H and O–H groups in total. The van der Waals surface area contributed by atoms with Gasteiger partial charge in [0.2, 0.25) is 5.89 Å². The quantitative estimate of drug-likeness (QED) is 0.600. The predicted molar refractivity (Wildman–Crippen MR) is 104 cm³/mol. The fourth-order valence-corrected chi connectivity index (χ4v) is 2.63. The van der Waals surface area contributed by atoms with E-state index in [-0.39, 0.29) is 17.4 Å². The molecule has 2 aromatic heterocycles. The van der Waals surface area contributed by atoms with Crippen LogP contribution in [0.4, 0.5) is 0 Å². The van der Waals surface area contributed by atoms with Crippen molar-refractivity contribution in [1.29, 1.82) is 0 Å². The summed E-state index contributed by atoms with van der Waals surface area (Å²) in [4.78, 5) is 8.27. The van der Waals surface area contributed by atoms with Crippen molar-refractivity contribution in [1.82, 2.24) is 10.2 Å². The summed E-state index contributed by atoms with van der Waals surface area (Å²) in [6.07, 6.45) is 7.13. The standard InChI is InChI=1S/C18H19N5OS/c1-5-7-13(8-6-2)17-22-23-18(24-17)15(16(19)20-4)21-12(3)14-9-10-25-11-14/h5-11H,1,4,19H2,2-3H3/b8-6-,13-7+,16-15-,21-12+. The van der Waals surface area contributed by atoms with E-state index in [2.05, 4.69) is 33.5 Å². The Bertz CT molecular complexity index is 869. The number of nitrogens with two attached hydrogens (primary N) is 1. The highest BCUT2D eigenvalue weighted by molar-refractivity contribution is 7.08. The summed E-state index contributed by atoms with van der Waals surface area (Å²) in [5, 5.41) is 12.1. The van der Waals surface area contributed by atoms with Crippen LogP contribution in [0.5, 0.6) is 0 Å². The summed E-state index contributed by atoms with van der Waals surface area (Å²) < 4.78 is 5.73. The Kier molecular flexibility index (Phi) is 6.36. The lowest BCUT2D eigenvalue weighted by Crippen LogP contribution is -2.01. The van der Waals surface area contributed by atoms with Gasteiger partial charge in [0.05, 0.1) is 0 Å². The lowest BCUT2D eigenvalue weighted by Gasteiger charge is -2.02. The normalized spacial score (nSPS) is 13.8. The summed E-state index contributed by atoms with van der Waals surface area (Å²) in [5.41, 5.74) is 8.70. The molecule has 128 valence electrons. The summed E-state index contributed by atoms with van der Waals surface area (Å²) >= 11 is 1.58. The predicted octanol–water partition coefficient (Wildman–Crippen LogP) is 4.07. The molecule has 2 heterocycles. The first kappa shape index (κ1) is 18.3. The Morgan fingerprint density at radius 3 is 2.72 bits per heavy atom. The van der Waals surface area contributed by atoms with Crippen LogP contribution in [0, 0.1) is 0 Å². The molecule has 0 saturated carbocycles. The second-order valence-corrected chi connectivity index (χ2v) is 5.65. The van der Waals surface area contributed by atoms with Crippen LogP contribution in [0.25, 0.3) is 11.3 Å². The second kappa shape index (κ2) is 8.70. The van der Waals surface area contributed by atoms with E-state index in [1.165, 1.54) is 0 Å². The maximum atomic E-state index is 5.93. The Morgan fingerprint density at radius 2 is 2.12 bits per heavy atom. The molecule has 0 fully saturated rings. The average Bonchev–Trinajstić information content (AvgIpc) is 3.30. The van der Waals surface area contributed by atoms with Crippen molar-refractivity contribution in [2.75, 3.05) is 0 Å². The molecule has 0 radical (unpaired) electrons. The Morgan fingerprint density at radius 1 is 1.36 bits per heavy atom. The number of aliphatic imine (C=N–C) groups is 2. The summed E-state index contributed by atoms with van der Waals surface area (Å²) in [6, 6.07) is 1.97. The van der Waals surface area contributed by atoms with Crippen molar-refractivity contribution in [2.24, 2.45) is 15.7 Å². The molecule has 0 spiro atoms. The first-order chi connectivity index (χ1) is 12.1. The van der Waals surface area contributed by atoms with E-state index in [4.69, 9.17) is 10.2 Å². The van der Waals surface area contributed by atoms with Gasteiger partial charge in [0.25, 0.3) is 5.89 Å². The molecule has 0 saturated heterocycles. The van der Waals surface area contributed by atoms with E-state index >= 15 is 0 Å².